The molecule has 0 aromatic heterocycles. The van der Waals surface area contributed by atoms with Gasteiger partial charge < -0.3 is 14.8 Å². The largest absolute Gasteiger partial charge is 0.493 e. The molecule has 0 aliphatic rings. The molecule has 106 valence electrons. The highest BCUT2D eigenvalue weighted by molar-refractivity contribution is 6.18. The van der Waals surface area contributed by atoms with Gasteiger partial charge in [0.1, 0.15) is 0 Å². The van der Waals surface area contributed by atoms with E-state index in [0.29, 0.717) is 37.6 Å². The summed E-state index contributed by atoms with van der Waals surface area (Å²) in [5, 5.41) is 2.82. The summed E-state index contributed by atoms with van der Waals surface area (Å²) in [6.45, 7) is 3.06. The maximum atomic E-state index is 11.3. The maximum absolute atomic E-state index is 11.3. The van der Waals surface area contributed by atoms with Crippen molar-refractivity contribution >= 4 is 17.5 Å². The Morgan fingerprint density at radius 2 is 2.21 bits per heavy atom. The van der Waals surface area contributed by atoms with E-state index in [1.165, 1.54) is 0 Å². The molecule has 1 N–H and O–H groups in total. The molecular weight excluding hydrogens is 266 g/mol. The zero-order valence-electron chi connectivity index (χ0n) is 11.4. The Balaban J connectivity index is 2.64. The summed E-state index contributed by atoms with van der Waals surface area (Å²) in [5.74, 6) is 1.77. The monoisotopic (exact) mass is 285 g/mol. The van der Waals surface area contributed by atoms with Gasteiger partial charge in [0, 0.05) is 18.8 Å². The molecule has 0 atom stereocenters. The number of hydrogen-bond acceptors (Lipinski definition) is 3. The fourth-order valence-corrected chi connectivity index (χ4v) is 1.91. The molecule has 0 spiro atoms. The minimum atomic E-state index is -0.0316. The van der Waals surface area contributed by atoms with E-state index in [2.05, 4.69) is 5.32 Å². The van der Waals surface area contributed by atoms with Crippen molar-refractivity contribution in [2.24, 2.45) is 0 Å². The van der Waals surface area contributed by atoms with Gasteiger partial charge in [-0.1, -0.05) is 12.1 Å². The first-order chi connectivity index (χ1) is 9.22. The van der Waals surface area contributed by atoms with Gasteiger partial charge in [0.15, 0.2) is 11.5 Å². The van der Waals surface area contributed by atoms with E-state index in [1.807, 2.05) is 25.1 Å². The van der Waals surface area contributed by atoms with E-state index in [-0.39, 0.29) is 5.91 Å². The van der Waals surface area contributed by atoms with E-state index >= 15 is 0 Å². The molecule has 0 unspecified atom stereocenters. The lowest BCUT2D eigenvalue weighted by atomic mass is 10.1. The number of rotatable bonds is 8. The fraction of sp³-hybridized carbons (Fsp3) is 0.500. The van der Waals surface area contributed by atoms with Gasteiger partial charge in [-0.25, -0.2) is 0 Å². The topological polar surface area (TPSA) is 47.6 Å². The molecule has 0 aliphatic heterocycles. The van der Waals surface area contributed by atoms with Crippen LogP contribution in [0.25, 0.3) is 0 Å². The zero-order chi connectivity index (χ0) is 14.1. The van der Waals surface area contributed by atoms with Gasteiger partial charge >= 0.3 is 0 Å². The molecule has 5 heteroatoms. The Hall–Kier alpha value is -1.42. The lowest BCUT2D eigenvalue weighted by Crippen LogP contribution is -2.25. The Morgan fingerprint density at radius 3 is 2.84 bits per heavy atom. The summed E-state index contributed by atoms with van der Waals surface area (Å²) >= 11 is 5.50. The van der Waals surface area contributed by atoms with Crippen LogP contribution in [0, 0.1) is 0 Å². The van der Waals surface area contributed by atoms with Crippen molar-refractivity contribution in [3.63, 3.8) is 0 Å². The van der Waals surface area contributed by atoms with Crippen molar-refractivity contribution in [3.05, 3.63) is 23.8 Å². The second-order valence-corrected chi connectivity index (χ2v) is 4.30. The molecule has 0 saturated carbocycles. The van der Waals surface area contributed by atoms with Crippen LogP contribution in [-0.2, 0) is 11.2 Å². The standard InChI is InChI=1S/C14H20ClNO3/c1-3-19-14-11(5-4-6-12(14)18-2)8-10-16-13(17)7-9-15/h4-6H,3,7-10H2,1-2H3,(H,16,17). The van der Waals surface area contributed by atoms with Crippen LogP contribution in [0.2, 0.25) is 0 Å². The van der Waals surface area contributed by atoms with Crippen LogP contribution >= 0.6 is 11.6 Å². The lowest BCUT2D eigenvalue weighted by Gasteiger charge is -2.14. The number of benzene rings is 1. The number of carbonyl (C=O) groups excluding carboxylic acids is 1. The SMILES string of the molecule is CCOc1c(CCNC(=O)CCCl)cccc1OC. The molecule has 0 aliphatic carbocycles. The predicted molar refractivity (Wildman–Crippen MR) is 76.2 cm³/mol. The quantitative estimate of drug-likeness (QED) is 0.746. The molecule has 0 saturated heterocycles. The Kier molecular flexibility index (Phi) is 7.11. The van der Waals surface area contributed by atoms with E-state index in [0.717, 1.165) is 11.3 Å². The van der Waals surface area contributed by atoms with Crippen LogP contribution in [0.3, 0.4) is 0 Å². The molecule has 1 aromatic carbocycles. The van der Waals surface area contributed by atoms with Gasteiger partial charge in [0.25, 0.3) is 0 Å². The van der Waals surface area contributed by atoms with Gasteiger partial charge in [-0.05, 0) is 25.0 Å². The average Bonchev–Trinajstić information content (AvgIpc) is 2.41. The van der Waals surface area contributed by atoms with Crippen molar-refractivity contribution in [2.75, 3.05) is 26.1 Å². The first kappa shape index (κ1) is 15.6. The number of carbonyl (C=O) groups is 1. The van der Waals surface area contributed by atoms with E-state index < -0.39 is 0 Å². The number of hydrogen-bond donors (Lipinski definition) is 1. The molecule has 19 heavy (non-hydrogen) atoms. The minimum Gasteiger partial charge on any atom is -0.493 e. The van der Waals surface area contributed by atoms with E-state index in [9.17, 15) is 4.79 Å². The molecule has 0 radical (unpaired) electrons. The molecule has 0 heterocycles. The number of para-hydroxylation sites is 1. The van der Waals surface area contributed by atoms with Gasteiger partial charge in [-0.2, -0.15) is 0 Å². The number of methoxy groups -OCH3 is 1. The Morgan fingerprint density at radius 1 is 1.42 bits per heavy atom. The number of alkyl halides is 1. The first-order valence-electron chi connectivity index (χ1n) is 6.34. The van der Waals surface area contributed by atoms with Gasteiger partial charge in [-0.15, -0.1) is 11.6 Å². The fourth-order valence-electron chi connectivity index (χ4n) is 1.74. The summed E-state index contributed by atoms with van der Waals surface area (Å²) in [6, 6.07) is 5.75. The minimum absolute atomic E-state index is 0.0316. The second-order valence-electron chi connectivity index (χ2n) is 3.92. The average molecular weight is 286 g/mol. The summed E-state index contributed by atoms with van der Waals surface area (Å²) in [6.07, 6.45) is 1.04. The molecule has 0 bridgehead atoms. The third-order valence-electron chi connectivity index (χ3n) is 2.61. The lowest BCUT2D eigenvalue weighted by molar-refractivity contribution is -0.120. The highest BCUT2D eigenvalue weighted by Crippen LogP contribution is 2.31. The number of ether oxygens (including phenoxy) is 2. The molecular formula is C14H20ClNO3. The predicted octanol–water partition coefficient (Wildman–Crippen LogP) is 2.38. The van der Waals surface area contributed by atoms with Gasteiger partial charge in [-0.3, -0.25) is 4.79 Å². The molecule has 4 nitrogen and oxygen atoms in total. The van der Waals surface area contributed by atoms with Crippen LogP contribution in [-0.4, -0.2) is 32.0 Å². The van der Waals surface area contributed by atoms with Crippen molar-refractivity contribution in [1.29, 1.82) is 0 Å². The molecule has 1 rings (SSSR count). The van der Waals surface area contributed by atoms with E-state index in [4.69, 9.17) is 21.1 Å². The normalized spacial score (nSPS) is 10.1. The van der Waals surface area contributed by atoms with Crippen LogP contribution in [0.1, 0.15) is 18.9 Å². The van der Waals surface area contributed by atoms with Crippen LogP contribution in [0.4, 0.5) is 0 Å². The highest BCUT2D eigenvalue weighted by atomic mass is 35.5. The maximum Gasteiger partial charge on any atom is 0.221 e. The van der Waals surface area contributed by atoms with Crippen molar-refractivity contribution in [3.8, 4) is 11.5 Å². The summed E-state index contributed by atoms with van der Waals surface area (Å²) in [5.41, 5.74) is 1.02. The number of nitrogens with one attached hydrogen (secondary N) is 1. The zero-order valence-corrected chi connectivity index (χ0v) is 12.1. The summed E-state index contributed by atoms with van der Waals surface area (Å²) in [7, 11) is 1.61. The van der Waals surface area contributed by atoms with Crippen LogP contribution in [0.5, 0.6) is 11.5 Å². The van der Waals surface area contributed by atoms with Crippen molar-refractivity contribution < 1.29 is 14.3 Å². The first-order valence-corrected chi connectivity index (χ1v) is 6.87. The van der Waals surface area contributed by atoms with Gasteiger partial charge in [0.05, 0.1) is 13.7 Å². The van der Waals surface area contributed by atoms with Crippen LogP contribution in [0.15, 0.2) is 18.2 Å². The third kappa shape index (κ3) is 4.99. The van der Waals surface area contributed by atoms with E-state index in [1.54, 1.807) is 7.11 Å². The smallest absolute Gasteiger partial charge is 0.221 e. The summed E-state index contributed by atoms with van der Waals surface area (Å²) in [4.78, 5) is 11.3. The third-order valence-corrected chi connectivity index (χ3v) is 2.80. The molecule has 1 aromatic rings. The number of halogens is 1. The van der Waals surface area contributed by atoms with Crippen LogP contribution < -0.4 is 14.8 Å². The summed E-state index contributed by atoms with van der Waals surface area (Å²) < 4.78 is 10.9. The Labute approximate surface area is 119 Å². The molecule has 1 amide bonds. The number of amides is 1. The van der Waals surface area contributed by atoms with Gasteiger partial charge in [0.2, 0.25) is 5.91 Å². The van der Waals surface area contributed by atoms with Crippen molar-refractivity contribution in [1.82, 2.24) is 5.32 Å². The highest BCUT2D eigenvalue weighted by Gasteiger charge is 2.10. The Bertz CT molecular complexity index is 410. The molecule has 0 fully saturated rings. The second kappa shape index (κ2) is 8.64. The van der Waals surface area contributed by atoms with Crippen molar-refractivity contribution in [2.45, 2.75) is 19.8 Å².